The van der Waals surface area contributed by atoms with Gasteiger partial charge in [0.15, 0.2) is 5.78 Å². The highest BCUT2D eigenvalue weighted by Crippen LogP contribution is 2.36. The van der Waals surface area contributed by atoms with Gasteiger partial charge in [0.2, 0.25) is 5.91 Å². The Morgan fingerprint density at radius 1 is 1.15 bits per heavy atom. The highest BCUT2D eigenvalue weighted by Gasteiger charge is 2.29. The Kier molecular flexibility index (Phi) is 7.61. The number of nitrogens with two attached hydrogens (primary N) is 1. The third-order valence-corrected chi connectivity index (χ3v) is 7.44. The SMILES string of the molecule is COc1ccc([C@H](C)CC(=O)c2ccc3c(c2)N(Cc2ccc(Cl)cc2)C(=O)[C@@H](N)CS3)cc1. The van der Waals surface area contributed by atoms with Crippen LogP contribution in [0.3, 0.4) is 0 Å². The number of thioether (sulfide) groups is 1. The summed E-state index contributed by atoms with van der Waals surface area (Å²) in [5.74, 6) is 1.20. The lowest BCUT2D eigenvalue weighted by Crippen LogP contribution is -2.44. The molecule has 2 N–H and O–H groups in total. The third-order valence-electron chi connectivity index (χ3n) is 6.00. The molecule has 0 unspecified atom stereocenters. The fourth-order valence-corrected chi connectivity index (χ4v) is 5.08. The van der Waals surface area contributed by atoms with Crippen LogP contribution in [0.4, 0.5) is 5.69 Å². The molecule has 0 aromatic heterocycles. The van der Waals surface area contributed by atoms with E-state index in [-0.39, 0.29) is 17.6 Å². The summed E-state index contributed by atoms with van der Waals surface area (Å²) in [5.41, 5.74) is 9.49. The first-order valence-electron chi connectivity index (χ1n) is 11.1. The summed E-state index contributed by atoms with van der Waals surface area (Å²) in [5, 5.41) is 0.637. The lowest BCUT2D eigenvalue weighted by molar-refractivity contribution is -0.119. The molecule has 1 heterocycles. The number of halogens is 1. The Balaban J connectivity index is 1.59. The van der Waals surface area contributed by atoms with Crippen molar-refractivity contribution in [2.24, 2.45) is 5.73 Å². The Morgan fingerprint density at radius 3 is 2.53 bits per heavy atom. The van der Waals surface area contributed by atoms with Gasteiger partial charge in [0.05, 0.1) is 25.4 Å². The predicted octanol–water partition coefficient (Wildman–Crippen LogP) is 5.69. The number of anilines is 1. The van der Waals surface area contributed by atoms with Crippen LogP contribution in [-0.4, -0.2) is 30.6 Å². The lowest BCUT2D eigenvalue weighted by atomic mass is 9.93. The highest BCUT2D eigenvalue weighted by atomic mass is 35.5. The van der Waals surface area contributed by atoms with Crippen LogP contribution >= 0.6 is 23.4 Å². The van der Waals surface area contributed by atoms with Crippen LogP contribution in [0.15, 0.2) is 71.6 Å². The second kappa shape index (κ2) is 10.6. The number of fused-ring (bicyclic) bond motifs is 1. The number of hydrogen-bond acceptors (Lipinski definition) is 5. The summed E-state index contributed by atoms with van der Waals surface area (Å²) in [4.78, 5) is 29.0. The second-order valence-electron chi connectivity index (χ2n) is 8.45. The fourth-order valence-electron chi connectivity index (χ4n) is 3.98. The van der Waals surface area contributed by atoms with Gasteiger partial charge in [-0.05, 0) is 53.4 Å². The average Bonchev–Trinajstić information content (AvgIpc) is 2.97. The van der Waals surface area contributed by atoms with E-state index < -0.39 is 6.04 Å². The molecule has 7 heteroatoms. The fraction of sp³-hybridized carbons (Fsp3) is 0.259. The summed E-state index contributed by atoms with van der Waals surface area (Å²) >= 11 is 7.56. The second-order valence-corrected chi connectivity index (χ2v) is 9.95. The number of hydrogen-bond donors (Lipinski definition) is 1. The van der Waals surface area contributed by atoms with E-state index in [1.54, 1.807) is 35.9 Å². The number of amides is 1. The summed E-state index contributed by atoms with van der Waals surface area (Å²) in [7, 11) is 1.63. The van der Waals surface area contributed by atoms with Crippen LogP contribution in [0.25, 0.3) is 0 Å². The van der Waals surface area contributed by atoms with E-state index in [2.05, 4.69) is 0 Å². The first-order chi connectivity index (χ1) is 16.4. The van der Waals surface area contributed by atoms with E-state index >= 15 is 0 Å². The van der Waals surface area contributed by atoms with Crippen molar-refractivity contribution in [3.63, 3.8) is 0 Å². The molecular formula is C27H27ClN2O3S. The van der Waals surface area contributed by atoms with Crippen molar-refractivity contribution < 1.29 is 14.3 Å². The summed E-state index contributed by atoms with van der Waals surface area (Å²) in [6, 6.07) is 20.1. The van der Waals surface area contributed by atoms with Crippen molar-refractivity contribution in [3.8, 4) is 5.75 Å². The van der Waals surface area contributed by atoms with Gasteiger partial charge in [0.1, 0.15) is 5.75 Å². The van der Waals surface area contributed by atoms with Crippen LogP contribution in [0.1, 0.15) is 40.7 Å². The number of carbonyl (C=O) groups is 2. The van der Waals surface area contributed by atoms with Crippen LogP contribution < -0.4 is 15.4 Å². The minimum Gasteiger partial charge on any atom is -0.497 e. The van der Waals surface area contributed by atoms with Gasteiger partial charge in [0, 0.05) is 27.7 Å². The molecular weight excluding hydrogens is 468 g/mol. The predicted molar refractivity (Wildman–Crippen MR) is 138 cm³/mol. The van der Waals surface area contributed by atoms with Gasteiger partial charge < -0.3 is 15.4 Å². The topological polar surface area (TPSA) is 72.6 Å². The number of ether oxygens (including phenoxy) is 1. The molecule has 0 spiro atoms. The molecule has 1 aliphatic heterocycles. The smallest absolute Gasteiger partial charge is 0.245 e. The van der Waals surface area contributed by atoms with Gasteiger partial charge in [-0.15, -0.1) is 11.8 Å². The Labute approximate surface area is 209 Å². The zero-order chi connectivity index (χ0) is 24.2. The van der Waals surface area contributed by atoms with E-state index in [1.165, 1.54) is 0 Å². The quantitative estimate of drug-likeness (QED) is 0.427. The van der Waals surface area contributed by atoms with Crippen molar-refractivity contribution in [2.45, 2.75) is 36.7 Å². The molecule has 0 radical (unpaired) electrons. The summed E-state index contributed by atoms with van der Waals surface area (Å²) < 4.78 is 5.22. The van der Waals surface area contributed by atoms with Crippen molar-refractivity contribution in [2.75, 3.05) is 17.8 Å². The molecule has 1 aliphatic rings. The normalized spacial score (nSPS) is 16.5. The van der Waals surface area contributed by atoms with E-state index in [1.807, 2.05) is 61.5 Å². The maximum Gasteiger partial charge on any atom is 0.245 e. The molecule has 4 rings (SSSR count). The Hall–Kier alpha value is -2.80. The van der Waals surface area contributed by atoms with Crippen LogP contribution in [0, 0.1) is 0 Å². The van der Waals surface area contributed by atoms with E-state index in [4.69, 9.17) is 22.1 Å². The standard InChI is InChI=1S/C27H27ClN2O3S/c1-17(19-5-10-22(33-2)11-6-19)13-25(31)20-7-12-26-24(14-20)30(27(32)23(29)16-34-26)15-18-3-8-21(28)9-4-18/h3-12,14,17,23H,13,15-16,29H2,1-2H3/t17-,23+/m1/s1. The Bertz CT molecular complexity index is 1180. The average molecular weight is 495 g/mol. The van der Waals surface area contributed by atoms with Crippen molar-refractivity contribution in [1.29, 1.82) is 0 Å². The lowest BCUT2D eigenvalue weighted by Gasteiger charge is -2.25. The van der Waals surface area contributed by atoms with Gasteiger partial charge in [-0.3, -0.25) is 9.59 Å². The van der Waals surface area contributed by atoms with Crippen molar-refractivity contribution in [1.82, 2.24) is 0 Å². The number of nitrogens with zero attached hydrogens (tertiary/aromatic N) is 1. The molecule has 1 amide bonds. The largest absolute Gasteiger partial charge is 0.497 e. The van der Waals surface area contributed by atoms with Gasteiger partial charge in [-0.1, -0.05) is 48.9 Å². The molecule has 2 atom stereocenters. The van der Waals surface area contributed by atoms with Gasteiger partial charge in [-0.2, -0.15) is 0 Å². The number of Topliss-reactive ketones (excluding diaryl/α,β-unsaturated/α-hetero) is 1. The molecule has 34 heavy (non-hydrogen) atoms. The van der Waals surface area contributed by atoms with E-state index in [9.17, 15) is 9.59 Å². The van der Waals surface area contributed by atoms with Crippen LogP contribution in [0.2, 0.25) is 5.02 Å². The summed E-state index contributed by atoms with van der Waals surface area (Å²) in [6.45, 7) is 2.39. The van der Waals surface area contributed by atoms with Crippen molar-refractivity contribution in [3.05, 3.63) is 88.4 Å². The maximum atomic E-state index is 13.2. The zero-order valence-corrected chi connectivity index (χ0v) is 20.7. The molecule has 0 aliphatic carbocycles. The number of ketones is 1. The van der Waals surface area contributed by atoms with Crippen molar-refractivity contribution >= 4 is 40.7 Å². The number of methoxy groups -OCH3 is 1. The highest BCUT2D eigenvalue weighted by molar-refractivity contribution is 7.99. The Morgan fingerprint density at radius 2 is 1.85 bits per heavy atom. The van der Waals surface area contributed by atoms with Gasteiger partial charge in [0.25, 0.3) is 0 Å². The first kappa shape index (κ1) is 24.3. The van der Waals surface area contributed by atoms with Crippen LogP contribution in [-0.2, 0) is 11.3 Å². The van der Waals surface area contributed by atoms with Gasteiger partial charge in [-0.25, -0.2) is 0 Å². The molecule has 0 bridgehead atoms. The number of carbonyl (C=O) groups excluding carboxylic acids is 2. The first-order valence-corrected chi connectivity index (χ1v) is 12.5. The summed E-state index contributed by atoms with van der Waals surface area (Å²) in [6.07, 6.45) is 0.364. The molecule has 0 fully saturated rings. The van der Waals surface area contributed by atoms with E-state index in [0.717, 1.165) is 27.5 Å². The van der Waals surface area contributed by atoms with Crippen LogP contribution in [0.5, 0.6) is 5.75 Å². The zero-order valence-electron chi connectivity index (χ0n) is 19.2. The maximum absolute atomic E-state index is 13.2. The molecule has 3 aromatic carbocycles. The number of benzene rings is 3. The molecule has 0 saturated heterocycles. The minimum atomic E-state index is -0.612. The molecule has 0 saturated carbocycles. The minimum absolute atomic E-state index is 0.0311. The third kappa shape index (κ3) is 5.46. The monoisotopic (exact) mass is 494 g/mol. The molecule has 5 nitrogen and oxygen atoms in total. The van der Waals surface area contributed by atoms with Gasteiger partial charge >= 0.3 is 0 Å². The molecule has 176 valence electrons. The molecule has 3 aromatic rings. The number of rotatable bonds is 7. The van der Waals surface area contributed by atoms with E-state index in [0.29, 0.717) is 29.3 Å².